The van der Waals surface area contributed by atoms with E-state index in [0.29, 0.717) is 11.4 Å². The highest BCUT2D eigenvalue weighted by Crippen LogP contribution is 2.26. The molecular formula is C21H26N4O6S. The first-order valence-corrected chi connectivity index (χ1v) is 11.4. The van der Waals surface area contributed by atoms with Crippen LogP contribution in [-0.4, -0.2) is 72.6 Å². The summed E-state index contributed by atoms with van der Waals surface area (Å²) in [5.74, 6) is -0.530. The maximum absolute atomic E-state index is 13.6. The number of hydrogen-bond donors (Lipinski definition) is 1. The lowest BCUT2D eigenvalue weighted by Crippen LogP contribution is -2.57. The number of carbonyl (C=O) groups excluding carboxylic acids is 1. The highest BCUT2D eigenvalue weighted by molar-refractivity contribution is 7.90. The number of pyridine rings is 1. The summed E-state index contributed by atoms with van der Waals surface area (Å²) in [6.07, 6.45) is 0.274. The van der Waals surface area contributed by atoms with Crippen LogP contribution in [0.2, 0.25) is 0 Å². The van der Waals surface area contributed by atoms with Crippen molar-refractivity contribution in [2.75, 3.05) is 31.0 Å². The zero-order valence-electron chi connectivity index (χ0n) is 18.1. The van der Waals surface area contributed by atoms with E-state index in [4.69, 9.17) is 0 Å². The summed E-state index contributed by atoms with van der Waals surface area (Å²) in [5, 5.41) is 9.30. The molecule has 10 nitrogen and oxygen atoms in total. The van der Waals surface area contributed by atoms with E-state index in [1.807, 2.05) is 13.0 Å². The van der Waals surface area contributed by atoms with Crippen molar-refractivity contribution in [2.24, 2.45) is 0 Å². The van der Waals surface area contributed by atoms with E-state index in [1.54, 1.807) is 31.2 Å². The highest BCUT2D eigenvalue weighted by Gasteiger charge is 2.37. The summed E-state index contributed by atoms with van der Waals surface area (Å²) in [6, 6.07) is 9.73. The maximum atomic E-state index is 13.6. The van der Waals surface area contributed by atoms with Gasteiger partial charge in [0.15, 0.2) is 0 Å². The van der Waals surface area contributed by atoms with Crippen molar-refractivity contribution in [2.45, 2.75) is 26.4 Å². The monoisotopic (exact) mass is 462 g/mol. The number of amides is 1. The number of aryl methyl sites for hydroxylation is 1. The Bertz CT molecular complexity index is 1090. The van der Waals surface area contributed by atoms with Crippen molar-refractivity contribution < 1.29 is 27.9 Å². The molecule has 1 aromatic carbocycles. The Morgan fingerprint density at radius 2 is 2.00 bits per heavy atom. The third-order valence-corrected chi connectivity index (χ3v) is 7.16. The molecule has 0 aliphatic carbocycles. The zero-order valence-corrected chi connectivity index (χ0v) is 18.9. The standard InChI is InChI=1S/C21H26N4O6S/c1-15-5-4-6-19(11-15)25(14-18-8-7-17(12-22-18)20(26)31-3)32(29,30)23-9-10-24(21(27)28)16(2)13-23/h4-8,11-12,16H,9-10,13-14H2,1-3H3,(H,27,28). The van der Waals surface area contributed by atoms with Crippen molar-refractivity contribution in [3.8, 4) is 0 Å². The van der Waals surface area contributed by atoms with E-state index >= 15 is 0 Å². The summed E-state index contributed by atoms with van der Waals surface area (Å²) in [4.78, 5) is 28.5. The minimum absolute atomic E-state index is 0.0473. The van der Waals surface area contributed by atoms with E-state index in [9.17, 15) is 23.1 Å². The van der Waals surface area contributed by atoms with E-state index < -0.39 is 28.3 Å². The molecule has 1 fully saturated rings. The first-order valence-electron chi connectivity index (χ1n) is 10.0. The van der Waals surface area contributed by atoms with Gasteiger partial charge in [-0.1, -0.05) is 12.1 Å². The fraction of sp³-hybridized carbons (Fsp3) is 0.381. The number of piperazine rings is 1. The van der Waals surface area contributed by atoms with Gasteiger partial charge in [-0.05, 0) is 43.7 Å². The highest BCUT2D eigenvalue weighted by atomic mass is 32.2. The largest absolute Gasteiger partial charge is 0.465 e. The number of benzene rings is 1. The lowest BCUT2D eigenvalue weighted by molar-refractivity contribution is 0.0600. The molecule has 1 aliphatic rings. The number of methoxy groups -OCH3 is 1. The fourth-order valence-corrected chi connectivity index (χ4v) is 5.22. The van der Waals surface area contributed by atoms with Gasteiger partial charge in [0.1, 0.15) is 0 Å². The minimum atomic E-state index is -3.99. The van der Waals surface area contributed by atoms with E-state index in [0.717, 1.165) is 5.56 Å². The van der Waals surface area contributed by atoms with Gasteiger partial charge in [-0.25, -0.2) is 9.59 Å². The van der Waals surface area contributed by atoms with Crippen molar-refractivity contribution in [3.05, 3.63) is 59.4 Å². The van der Waals surface area contributed by atoms with E-state index in [1.165, 1.54) is 32.9 Å². The Hall–Kier alpha value is -3.18. The van der Waals surface area contributed by atoms with Gasteiger partial charge >= 0.3 is 22.3 Å². The Kier molecular flexibility index (Phi) is 6.99. The molecule has 1 aliphatic heterocycles. The number of nitrogens with zero attached hydrogens (tertiary/aromatic N) is 4. The van der Waals surface area contributed by atoms with Crippen LogP contribution in [0.15, 0.2) is 42.6 Å². The Morgan fingerprint density at radius 3 is 2.56 bits per heavy atom. The van der Waals surface area contributed by atoms with Crippen LogP contribution >= 0.6 is 0 Å². The van der Waals surface area contributed by atoms with Gasteiger partial charge in [-0.15, -0.1) is 0 Å². The Labute approximate surface area is 187 Å². The summed E-state index contributed by atoms with van der Waals surface area (Å²) in [7, 11) is -2.72. The second-order valence-electron chi connectivity index (χ2n) is 7.57. The molecule has 172 valence electrons. The predicted octanol–water partition coefficient (Wildman–Crippen LogP) is 2.11. The summed E-state index contributed by atoms with van der Waals surface area (Å²) in [5.41, 5.74) is 2.07. The average Bonchev–Trinajstić information content (AvgIpc) is 2.76. The molecule has 1 N–H and O–H groups in total. The van der Waals surface area contributed by atoms with Gasteiger partial charge in [0.2, 0.25) is 0 Å². The van der Waals surface area contributed by atoms with Crippen LogP contribution in [-0.2, 0) is 21.5 Å². The maximum Gasteiger partial charge on any atom is 0.407 e. The van der Waals surface area contributed by atoms with Gasteiger partial charge < -0.3 is 14.7 Å². The van der Waals surface area contributed by atoms with Crippen molar-refractivity contribution >= 4 is 28.0 Å². The number of aromatic nitrogens is 1. The molecule has 0 bridgehead atoms. The first kappa shape index (κ1) is 23.5. The fourth-order valence-electron chi connectivity index (χ4n) is 3.55. The third kappa shape index (κ3) is 5.00. The first-order chi connectivity index (χ1) is 15.1. The van der Waals surface area contributed by atoms with Crippen molar-refractivity contribution in [1.82, 2.24) is 14.2 Å². The average molecular weight is 463 g/mol. The number of hydrogen-bond acceptors (Lipinski definition) is 6. The summed E-state index contributed by atoms with van der Waals surface area (Å²) >= 11 is 0. The molecule has 1 aromatic heterocycles. The number of ether oxygens (including phenoxy) is 1. The van der Waals surface area contributed by atoms with Gasteiger partial charge in [0.25, 0.3) is 0 Å². The molecular weight excluding hydrogens is 436 g/mol. The number of carboxylic acid groups (broad SMARTS) is 1. The molecule has 11 heteroatoms. The van der Waals surface area contributed by atoms with Crippen LogP contribution in [0.1, 0.15) is 28.5 Å². The van der Waals surface area contributed by atoms with Crippen molar-refractivity contribution in [3.63, 3.8) is 0 Å². The van der Waals surface area contributed by atoms with Gasteiger partial charge in [-0.2, -0.15) is 12.7 Å². The van der Waals surface area contributed by atoms with E-state index in [-0.39, 0.29) is 31.7 Å². The van der Waals surface area contributed by atoms with Crippen LogP contribution in [0.3, 0.4) is 0 Å². The zero-order chi connectivity index (χ0) is 23.5. The third-order valence-electron chi connectivity index (χ3n) is 5.28. The molecule has 1 atom stereocenters. The van der Waals surface area contributed by atoms with Gasteiger partial charge in [0, 0.05) is 31.9 Å². The van der Waals surface area contributed by atoms with Gasteiger partial charge in [0.05, 0.1) is 30.6 Å². The summed E-state index contributed by atoms with van der Waals surface area (Å²) < 4.78 is 34.5. The number of rotatable bonds is 6. The molecule has 2 aromatic rings. The molecule has 32 heavy (non-hydrogen) atoms. The second-order valence-corrected chi connectivity index (χ2v) is 9.42. The van der Waals surface area contributed by atoms with Crippen LogP contribution in [0.5, 0.6) is 0 Å². The summed E-state index contributed by atoms with van der Waals surface area (Å²) in [6.45, 7) is 3.68. The quantitative estimate of drug-likeness (QED) is 0.653. The minimum Gasteiger partial charge on any atom is -0.465 e. The second kappa shape index (κ2) is 9.53. The van der Waals surface area contributed by atoms with Crippen LogP contribution < -0.4 is 4.31 Å². The number of anilines is 1. The molecule has 1 saturated heterocycles. The van der Waals surface area contributed by atoms with Crippen LogP contribution in [0.25, 0.3) is 0 Å². The molecule has 2 heterocycles. The lowest BCUT2D eigenvalue weighted by atomic mass is 10.2. The molecule has 0 spiro atoms. The number of esters is 1. The lowest BCUT2D eigenvalue weighted by Gasteiger charge is -2.39. The van der Waals surface area contributed by atoms with E-state index in [2.05, 4.69) is 9.72 Å². The normalized spacial score (nSPS) is 17.1. The smallest absolute Gasteiger partial charge is 0.407 e. The molecule has 0 saturated carbocycles. The van der Waals surface area contributed by atoms with Crippen LogP contribution in [0.4, 0.5) is 10.5 Å². The van der Waals surface area contributed by atoms with Gasteiger partial charge in [-0.3, -0.25) is 9.29 Å². The molecule has 1 amide bonds. The van der Waals surface area contributed by atoms with Crippen LogP contribution in [0, 0.1) is 6.92 Å². The Morgan fingerprint density at radius 1 is 1.25 bits per heavy atom. The predicted molar refractivity (Wildman–Crippen MR) is 118 cm³/mol. The molecule has 0 radical (unpaired) electrons. The Balaban J connectivity index is 1.92. The topological polar surface area (TPSA) is 120 Å². The van der Waals surface area contributed by atoms with Crippen molar-refractivity contribution in [1.29, 1.82) is 0 Å². The molecule has 1 unspecified atom stereocenters. The number of carbonyl (C=O) groups is 2. The SMILES string of the molecule is COC(=O)c1ccc(CN(c2cccc(C)c2)S(=O)(=O)N2CCN(C(=O)O)C(C)C2)nc1. The molecule has 3 rings (SSSR count).